The Morgan fingerprint density at radius 1 is 1.09 bits per heavy atom. The number of methoxy groups -OCH3 is 1. The van der Waals surface area contributed by atoms with Crippen LogP contribution in [0.25, 0.3) is 0 Å². The van der Waals surface area contributed by atoms with E-state index in [1.165, 1.54) is 16.9 Å². The maximum Gasteiger partial charge on any atom is 0.250 e. The second-order valence-electron chi connectivity index (χ2n) is 5.07. The molecule has 0 aliphatic heterocycles. The molecule has 2 aromatic rings. The highest BCUT2D eigenvalue weighted by Crippen LogP contribution is 2.20. The highest BCUT2D eigenvalue weighted by Gasteiger charge is 2.14. The standard InChI is InChI=1S/C16H21NO3S2/c1-13-6-11-16(21-13)22(18,19)17-12-4-3-5-14-7-9-15(20-2)10-8-14/h6-11,17H,3-5,12H2,1-2H3. The number of ether oxygens (including phenoxy) is 1. The van der Waals surface area contributed by atoms with E-state index in [-0.39, 0.29) is 0 Å². The van der Waals surface area contributed by atoms with Crippen molar-refractivity contribution in [2.75, 3.05) is 13.7 Å². The fourth-order valence-electron chi connectivity index (χ4n) is 2.08. The molecule has 0 saturated carbocycles. The minimum Gasteiger partial charge on any atom is -0.497 e. The predicted molar refractivity (Wildman–Crippen MR) is 90.2 cm³/mol. The zero-order chi connectivity index (χ0) is 16.0. The molecule has 1 aromatic heterocycles. The molecule has 0 atom stereocenters. The van der Waals surface area contributed by atoms with Crippen LogP contribution in [-0.4, -0.2) is 22.1 Å². The number of unbranched alkanes of at least 4 members (excludes halogenated alkanes) is 1. The summed E-state index contributed by atoms with van der Waals surface area (Å²) in [6.07, 6.45) is 2.69. The maximum atomic E-state index is 12.0. The molecule has 0 spiro atoms. The fourth-order valence-corrected chi connectivity index (χ4v) is 4.48. The van der Waals surface area contributed by atoms with Crippen molar-refractivity contribution in [2.45, 2.75) is 30.4 Å². The molecule has 0 amide bonds. The lowest BCUT2D eigenvalue weighted by Gasteiger charge is -2.05. The van der Waals surface area contributed by atoms with Gasteiger partial charge in [-0.05, 0) is 56.0 Å². The van der Waals surface area contributed by atoms with Crippen molar-refractivity contribution in [3.63, 3.8) is 0 Å². The number of nitrogens with one attached hydrogen (secondary N) is 1. The Kier molecular flexibility index (Phi) is 5.99. The average molecular weight is 339 g/mol. The van der Waals surface area contributed by atoms with E-state index in [2.05, 4.69) is 4.72 Å². The van der Waals surface area contributed by atoms with Gasteiger partial charge in [-0.1, -0.05) is 12.1 Å². The molecule has 0 radical (unpaired) electrons. The summed E-state index contributed by atoms with van der Waals surface area (Å²) in [5.41, 5.74) is 1.23. The molecule has 0 unspecified atom stereocenters. The van der Waals surface area contributed by atoms with Gasteiger partial charge in [-0.25, -0.2) is 13.1 Å². The molecule has 0 saturated heterocycles. The summed E-state index contributed by atoms with van der Waals surface area (Å²) in [6.45, 7) is 2.37. The minimum atomic E-state index is -3.34. The lowest BCUT2D eigenvalue weighted by atomic mass is 10.1. The van der Waals surface area contributed by atoms with Crippen molar-refractivity contribution < 1.29 is 13.2 Å². The first-order chi connectivity index (χ1) is 10.5. The summed E-state index contributed by atoms with van der Waals surface area (Å²) < 4.78 is 32.2. The molecule has 0 aliphatic rings. The van der Waals surface area contributed by atoms with Crippen LogP contribution in [0.2, 0.25) is 0 Å². The van der Waals surface area contributed by atoms with Gasteiger partial charge in [0.25, 0.3) is 0 Å². The lowest BCUT2D eigenvalue weighted by Crippen LogP contribution is -2.24. The van der Waals surface area contributed by atoms with Gasteiger partial charge in [0, 0.05) is 11.4 Å². The predicted octanol–water partition coefficient (Wildman–Crippen LogP) is 3.37. The number of sulfonamides is 1. The Balaban J connectivity index is 1.72. The molecule has 4 nitrogen and oxygen atoms in total. The van der Waals surface area contributed by atoms with Crippen LogP contribution in [0.4, 0.5) is 0 Å². The van der Waals surface area contributed by atoms with Gasteiger partial charge in [-0.15, -0.1) is 11.3 Å². The molecule has 0 bridgehead atoms. The van der Waals surface area contributed by atoms with E-state index in [0.29, 0.717) is 10.8 Å². The monoisotopic (exact) mass is 339 g/mol. The summed E-state index contributed by atoms with van der Waals surface area (Å²) in [4.78, 5) is 1.000. The zero-order valence-corrected chi connectivity index (χ0v) is 14.5. The molecule has 22 heavy (non-hydrogen) atoms. The van der Waals surface area contributed by atoms with Crippen LogP contribution in [0.15, 0.2) is 40.6 Å². The normalized spacial score (nSPS) is 11.5. The molecule has 0 aliphatic carbocycles. The Labute approximate surface area is 136 Å². The Hall–Kier alpha value is -1.37. The first-order valence-electron chi connectivity index (χ1n) is 7.20. The zero-order valence-electron chi connectivity index (χ0n) is 12.8. The van der Waals surface area contributed by atoms with Crippen molar-refractivity contribution in [3.8, 4) is 5.75 Å². The van der Waals surface area contributed by atoms with Gasteiger partial charge in [0.05, 0.1) is 7.11 Å². The summed E-state index contributed by atoms with van der Waals surface area (Å²) in [7, 11) is -1.69. The quantitative estimate of drug-likeness (QED) is 0.750. The number of benzene rings is 1. The van der Waals surface area contributed by atoms with Crippen LogP contribution in [0, 0.1) is 6.92 Å². The fraction of sp³-hybridized carbons (Fsp3) is 0.375. The lowest BCUT2D eigenvalue weighted by molar-refractivity contribution is 0.414. The summed E-state index contributed by atoms with van der Waals surface area (Å²) in [6, 6.07) is 11.4. The Morgan fingerprint density at radius 2 is 1.82 bits per heavy atom. The second-order valence-corrected chi connectivity index (χ2v) is 8.35. The van der Waals surface area contributed by atoms with E-state index >= 15 is 0 Å². The van der Waals surface area contributed by atoms with Gasteiger partial charge >= 0.3 is 0 Å². The number of hydrogen-bond acceptors (Lipinski definition) is 4. The van der Waals surface area contributed by atoms with Crippen molar-refractivity contribution in [1.29, 1.82) is 0 Å². The highest BCUT2D eigenvalue weighted by molar-refractivity contribution is 7.91. The van der Waals surface area contributed by atoms with Crippen molar-refractivity contribution in [2.24, 2.45) is 0 Å². The number of aryl methyl sites for hydroxylation is 2. The molecule has 6 heteroatoms. The van der Waals surface area contributed by atoms with Crippen LogP contribution in [0.3, 0.4) is 0 Å². The molecular formula is C16H21NO3S2. The third-order valence-corrected chi connectivity index (χ3v) is 6.28. The van der Waals surface area contributed by atoms with E-state index in [0.717, 1.165) is 29.9 Å². The molecule has 120 valence electrons. The number of rotatable bonds is 8. The third-order valence-electron chi connectivity index (χ3n) is 3.32. The van der Waals surface area contributed by atoms with E-state index in [9.17, 15) is 8.42 Å². The smallest absolute Gasteiger partial charge is 0.250 e. The van der Waals surface area contributed by atoms with Gasteiger partial charge in [0.1, 0.15) is 9.96 Å². The first-order valence-corrected chi connectivity index (χ1v) is 9.50. The minimum absolute atomic E-state index is 0.389. The van der Waals surface area contributed by atoms with Gasteiger partial charge < -0.3 is 4.74 Å². The van der Waals surface area contributed by atoms with E-state index in [1.807, 2.05) is 37.3 Å². The van der Waals surface area contributed by atoms with Crippen LogP contribution >= 0.6 is 11.3 Å². The van der Waals surface area contributed by atoms with Crippen molar-refractivity contribution in [3.05, 3.63) is 46.8 Å². The molecular weight excluding hydrogens is 318 g/mol. The third kappa shape index (κ3) is 4.83. The molecule has 1 N–H and O–H groups in total. The summed E-state index contributed by atoms with van der Waals surface area (Å²) in [5.74, 6) is 0.850. The van der Waals surface area contributed by atoms with Gasteiger partial charge in [0.15, 0.2) is 0 Å². The van der Waals surface area contributed by atoms with E-state index in [4.69, 9.17) is 4.74 Å². The largest absolute Gasteiger partial charge is 0.497 e. The van der Waals surface area contributed by atoms with Crippen LogP contribution in [-0.2, 0) is 16.4 Å². The van der Waals surface area contributed by atoms with Gasteiger partial charge in [-0.2, -0.15) is 0 Å². The van der Waals surface area contributed by atoms with Gasteiger partial charge in [0.2, 0.25) is 10.0 Å². The van der Waals surface area contributed by atoms with E-state index < -0.39 is 10.0 Å². The molecule has 0 fully saturated rings. The van der Waals surface area contributed by atoms with E-state index in [1.54, 1.807) is 13.2 Å². The van der Waals surface area contributed by atoms with Crippen molar-refractivity contribution >= 4 is 21.4 Å². The van der Waals surface area contributed by atoms with Crippen LogP contribution in [0.1, 0.15) is 23.3 Å². The topological polar surface area (TPSA) is 55.4 Å². The summed E-state index contributed by atoms with van der Waals surface area (Å²) >= 11 is 1.30. The van der Waals surface area contributed by atoms with Crippen LogP contribution < -0.4 is 9.46 Å². The Bertz CT molecular complexity index is 690. The summed E-state index contributed by atoms with van der Waals surface area (Å²) in [5, 5.41) is 0. The molecule has 1 heterocycles. The maximum absolute atomic E-state index is 12.0. The number of hydrogen-bond donors (Lipinski definition) is 1. The average Bonchev–Trinajstić information content (AvgIpc) is 2.95. The number of thiophene rings is 1. The van der Waals surface area contributed by atoms with Crippen LogP contribution in [0.5, 0.6) is 5.75 Å². The molecule has 1 aromatic carbocycles. The molecule has 2 rings (SSSR count). The van der Waals surface area contributed by atoms with Crippen molar-refractivity contribution in [1.82, 2.24) is 4.72 Å². The highest BCUT2D eigenvalue weighted by atomic mass is 32.2. The second kappa shape index (κ2) is 7.76. The van der Waals surface area contributed by atoms with Gasteiger partial charge in [-0.3, -0.25) is 0 Å². The Morgan fingerprint density at radius 3 is 2.41 bits per heavy atom. The SMILES string of the molecule is COc1ccc(CCCCNS(=O)(=O)c2ccc(C)s2)cc1. The first kappa shape index (κ1) is 17.0.